The van der Waals surface area contributed by atoms with Crippen LogP contribution in [-0.2, 0) is 16.6 Å². The van der Waals surface area contributed by atoms with Crippen molar-refractivity contribution in [1.82, 2.24) is 19.1 Å². The normalized spacial score (nSPS) is 23.9. The van der Waals surface area contributed by atoms with Crippen molar-refractivity contribution in [1.29, 1.82) is 0 Å². The molecule has 0 amide bonds. The molecule has 9 heteroatoms. The minimum Gasteiger partial charge on any atom is -0.371 e. The minimum absolute atomic E-state index is 0.0230. The summed E-state index contributed by atoms with van der Waals surface area (Å²) in [5.74, 6) is 0.535. The van der Waals surface area contributed by atoms with Crippen molar-refractivity contribution >= 4 is 15.7 Å². The van der Waals surface area contributed by atoms with Crippen molar-refractivity contribution in [2.24, 2.45) is 0 Å². The highest BCUT2D eigenvalue weighted by atomic mass is 32.2. The maximum absolute atomic E-state index is 15.3. The van der Waals surface area contributed by atoms with Crippen molar-refractivity contribution in [3.8, 4) is 0 Å². The molecule has 2 atom stereocenters. The fraction of sp³-hybridized carbons (Fsp3) is 0.481. The Labute approximate surface area is 214 Å². The monoisotopic (exact) mass is 513 g/mol. The van der Waals surface area contributed by atoms with Gasteiger partial charge in [-0.15, -0.1) is 10.2 Å². The Bertz CT molecular complexity index is 1240. The van der Waals surface area contributed by atoms with E-state index in [9.17, 15) is 8.42 Å². The molecule has 1 unspecified atom stereocenters. The molecule has 2 aliphatic rings. The van der Waals surface area contributed by atoms with Crippen LogP contribution < -0.4 is 4.90 Å². The Morgan fingerprint density at radius 2 is 1.97 bits per heavy atom. The molecule has 2 aromatic rings. The second-order valence-corrected chi connectivity index (χ2v) is 11.7. The zero-order valence-corrected chi connectivity index (χ0v) is 22.2. The van der Waals surface area contributed by atoms with Crippen LogP contribution in [0.4, 0.5) is 10.1 Å². The Morgan fingerprint density at radius 3 is 2.58 bits per heavy atom. The molecule has 0 bridgehead atoms. The molecular weight excluding hydrogens is 477 g/mol. The molecular formula is C27H36FN5O2S. The maximum atomic E-state index is 15.3. The van der Waals surface area contributed by atoms with Crippen molar-refractivity contribution in [2.45, 2.75) is 70.3 Å². The third-order valence-electron chi connectivity index (χ3n) is 7.45. The van der Waals surface area contributed by atoms with Crippen LogP contribution in [-0.4, -0.2) is 51.9 Å². The molecule has 36 heavy (non-hydrogen) atoms. The summed E-state index contributed by atoms with van der Waals surface area (Å²) in [5.41, 5.74) is 1.89. The average Bonchev–Trinajstić information content (AvgIpc) is 3.29. The Hall–Kier alpha value is -2.78. The number of nitrogens with zero attached hydrogens (tertiary/aromatic N) is 5. The van der Waals surface area contributed by atoms with Gasteiger partial charge in [0.25, 0.3) is 0 Å². The summed E-state index contributed by atoms with van der Waals surface area (Å²) in [5, 5.41) is 7.39. The summed E-state index contributed by atoms with van der Waals surface area (Å²) in [7, 11) is -3.66. The lowest BCUT2D eigenvalue weighted by atomic mass is 10.0. The number of sulfonamides is 1. The van der Waals surface area contributed by atoms with Gasteiger partial charge in [0.05, 0.1) is 0 Å². The first-order chi connectivity index (χ1) is 17.3. The van der Waals surface area contributed by atoms with Crippen molar-refractivity contribution in [3.63, 3.8) is 0 Å². The predicted molar refractivity (Wildman–Crippen MR) is 142 cm³/mol. The van der Waals surface area contributed by atoms with E-state index in [1.54, 1.807) is 30.6 Å². The fourth-order valence-electron chi connectivity index (χ4n) is 5.29. The van der Waals surface area contributed by atoms with Gasteiger partial charge in [-0.1, -0.05) is 36.9 Å². The van der Waals surface area contributed by atoms with Gasteiger partial charge >= 0.3 is 0 Å². The summed E-state index contributed by atoms with van der Waals surface area (Å²) in [6.45, 7) is 11.2. The van der Waals surface area contributed by atoms with E-state index < -0.39 is 15.3 Å². The van der Waals surface area contributed by atoms with Crippen molar-refractivity contribution in [3.05, 3.63) is 78.2 Å². The summed E-state index contributed by atoms with van der Waals surface area (Å²) >= 11 is 0. The lowest BCUT2D eigenvalue weighted by molar-refractivity contribution is 0.284. The van der Waals surface area contributed by atoms with Gasteiger partial charge in [0.2, 0.25) is 10.0 Å². The molecule has 0 N–H and O–H groups in total. The van der Waals surface area contributed by atoms with Crippen LogP contribution >= 0.6 is 0 Å². The zero-order chi connectivity index (χ0) is 25.9. The number of allylic oxidation sites excluding steroid dienone is 4. The predicted octanol–water partition coefficient (Wildman–Crippen LogP) is 4.94. The number of aromatic nitrogens is 3. The van der Waals surface area contributed by atoms with E-state index in [0.717, 1.165) is 37.4 Å². The molecule has 0 aliphatic carbocycles. The number of halogens is 1. The summed E-state index contributed by atoms with van der Waals surface area (Å²) in [6.07, 6.45) is 12.0. The highest BCUT2D eigenvalue weighted by Gasteiger charge is 2.41. The smallest absolute Gasteiger partial charge is 0.221 e. The molecule has 1 aromatic carbocycles. The molecule has 4 rings (SSSR count). The Kier molecular flexibility index (Phi) is 8.10. The van der Waals surface area contributed by atoms with Crippen LogP contribution in [0, 0.1) is 12.7 Å². The van der Waals surface area contributed by atoms with Crippen molar-refractivity contribution in [2.75, 3.05) is 18.0 Å². The Balaban J connectivity index is 1.48. The van der Waals surface area contributed by atoms with Crippen LogP contribution in [0.25, 0.3) is 0 Å². The molecule has 0 radical (unpaired) electrons. The van der Waals surface area contributed by atoms with Crippen LogP contribution in [0.3, 0.4) is 0 Å². The summed E-state index contributed by atoms with van der Waals surface area (Å²) in [6, 6.07) is 5.33. The molecule has 3 heterocycles. The number of rotatable bonds is 7. The number of anilines is 1. The van der Waals surface area contributed by atoms with Gasteiger partial charge in [0, 0.05) is 43.0 Å². The summed E-state index contributed by atoms with van der Waals surface area (Å²) in [4.78, 5) is 2.18. The van der Waals surface area contributed by atoms with Gasteiger partial charge in [0.1, 0.15) is 23.2 Å². The zero-order valence-electron chi connectivity index (χ0n) is 21.3. The molecule has 2 saturated heterocycles. The minimum atomic E-state index is -3.66. The molecule has 2 aliphatic heterocycles. The van der Waals surface area contributed by atoms with Crippen LogP contribution in [0.2, 0.25) is 0 Å². The number of aryl methyl sites for hydroxylation is 1. The highest BCUT2D eigenvalue weighted by molar-refractivity contribution is 7.90. The van der Waals surface area contributed by atoms with Crippen molar-refractivity contribution < 1.29 is 12.8 Å². The van der Waals surface area contributed by atoms with E-state index in [0.29, 0.717) is 30.0 Å². The lowest BCUT2D eigenvalue weighted by Gasteiger charge is -2.38. The molecule has 2 fully saturated rings. The molecule has 194 valence electrons. The molecule has 1 aromatic heterocycles. The maximum Gasteiger partial charge on any atom is 0.221 e. The van der Waals surface area contributed by atoms with Gasteiger partial charge in [0.15, 0.2) is 0 Å². The largest absolute Gasteiger partial charge is 0.371 e. The van der Waals surface area contributed by atoms with E-state index >= 15 is 4.39 Å². The van der Waals surface area contributed by atoms with E-state index in [-0.39, 0.29) is 18.4 Å². The van der Waals surface area contributed by atoms with Crippen LogP contribution in [0.15, 0.2) is 61.0 Å². The van der Waals surface area contributed by atoms with Gasteiger partial charge in [-0.05, 0) is 64.2 Å². The fourth-order valence-corrected chi connectivity index (χ4v) is 7.49. The molecule has 0 saturated carbocycles. The number of hydrogen-bond acceptors (Lipinski definition) is 5. The van der Waals surface area contributed by atoms with Gasteiger partial charge < -0.3 is 9.47 Å². The first kappa shape index (κ1) is 26.3. The average molecular weight is 514 g/mol. The van der Waals surface area contributed by atoms with E-state index in [2.05, 4.69) is 26.2 Å². The van der Waals surface area contributed by atoms with Gasteiger partial charge in [-0.3, -0.25) is 0 Å². The second kappa shape index (κ2) is 11.1. The number of piperidine rings is 1. The topological polar surface area (TPSA) is 71.3 Å². The first-order valence-electron chi connectivity index (χ1n) is 12.6. The molecule has 7 nitrogen and oxygen atoms in total. The number of benzene rings is 1. The van der Waals surface area contributed by atoms with E-state index in [1.165, 1.54) is 4.31 Å². The SMILES string of the molecule is C=C/C(=C\C=C/C)C1CC[C@H](C)N(Cc2ccc(N3CCC(n4cnnc4C)CC3)cc2F)S1(=O)=O. The number of hydrogen-bond donors (Lipinski definition) is 0. The van der Waals surface area contributed by atoms with Crippen LogP contribution in [0.5, 0.6) is 0 Å². The standard InChI is InChI=1S/C27H36FN5O2S/c1-5-7-8-22(6-2)27-12-9-20(3)33(36(27,34)35)18-23-10-11-25(17-26(23)28)31-15-13-24(14-16-31)32-19-29-30-21(32)4/h5-8,10-11,17,19-20,24,27H,2,9,12-16,18H2,1,3-4H3/b7-5-,22-8+/t20-,27?/m0/s1. The van der Waals surface area contributed by atoms with Crippen LogP contribution in [0.1, 0.15) is 57.0 Å². The van der Waals surface area contributed by atoms with Gasteiger partial charge in [-0.25, -0.2) is 12.8 Å². The molecule has 0 spiro atoms. The highest BCUT2D eigenvalue weighted by Crippen LogP contribution is 2.34. The Morgan fingerprint density at radius 1 is 1.22 bits per heavy atom. The van der Waals surface area contributed by atoms with E-state index in [4.69, 9.17) is 0 Å². The third kappa shape index (κ3) is 5.32. The van der Waals surface area contributed by atoms with E-state index in [1.807, 2.05) is 39.0 Å². The second-order valence-electron chi connectivity index (χ2n) is 9.68. The lowest BCUT2D eigenvalue weighted by Crippen LogP contribution is -2.48. The third-order valence-corrected chi connectivity index (χ3v) is 9.82. The summed E-state index contributed by atoms with van der Waals surface area (Å²) < 4.78 is 45.9. The quantitative estimate of drug-likeness (QED) is 0.491. The van der Waals surface area contributed by atoms with Gasteiger partial charge in [-0.2, -0.15) is 4.31 Å². The first-order valence-corrected chi connectivity index (χ1v) is 14.1.